The van der Waals surface area contributed by atoms with Crippen LogP contribution in [0.5, 0.6) is 5.75 Å². The van der Waals surface area contributed by atoms with E-state index in [4.69, 9.17) is 4.74 Å². The van der Waals surface area contributed by atoms with Crippen LogP contribution in [0.4, 0.5) is 5.69 Å². The number of hydrogen-bond donors (Lipinski definition) is 0. The van der Waals surface area contributed by atoms with Gasteiger partial charge in [-0.25, -0.2) is 4.68 Å². The Balaban J connectivity index is 1.51. The molecule has 0 bridgehead atoms. The molecule has 0 unspecified atom stereocenters. The van der Waals surface area contributed by atoms with E-state index < -0.39 is 0 Å². The lowest BCUT2D eigenvalue weighted by Gasteiger charge is -2.28. The van der Waals surface area contributed by atoms with Crippen LogP contribution in [0.15, 0.2) is 73.1 Å². The molecule has 2 heterocycles. The number of carbonyl (C=O) groups excluding carboxylic acids is 1. The molecule has 0 N–H and O–H groups in total. The van der Waals surface area contributed by atoms with Gasteiger partial charge in [-0.15, -0.1) is 0 Å². The fraction of sp³-hybridized carbons (Fsp3) is 0.100. The zero-order chi connectivity index (χ0) is 17.1. The third-order valence-electron chi connectivity index (χ3n) is 4.04. The van der Waals surface area contributed by atoms with E-state index in [1.165, 1.54) is 0 Å². The molecule has 25 heavy (non-hydrogen) atoms. The zero-order valence-corrected chi connectivity index (χ0v) is 13.6. The first kappa shape index (κ1) is 15.2. The smallest absolute Gasteiger partial charge is 0.251 e. The number of nitrogens with zero attached hydrogens (tertiary/aromatic N) is 3. The van der Waals surface area contributed by atoms with Gasteiger partial charge in [0, 0.05) is 17.8 Å². The van der Waals surface area contributed by atoms with E-state index in [9.17, 15) is 4.79 Å². The highest BCUT2D eigenvalue weighted by Gasteiger charge is 2.21. The van der Waals surface area contributed by atoms with Crippen molar-refractivity contribution in [1.82, 2.24) is 9.78 Å². The van der Waals surface area contributed by atoms with Crippen LogP contribution < -0.4 is 9.64 Å². The second-order valence-corrected chi connectivity index (χ2v) is 5.69. The number of carbonyl (C=O) groups is 1. The molecule has 0 radical (unpaired) electrons. The number of aromatic nitrogens is 2. The Labute approximate surface area is 145 Å². The van der Waals surface area contributed by atoms with Crippen LogP contribution in [0.25, 0.3) is 11.8 Å². The number of anilines is 1. The Morgan fingerprint density at radius 3 is 2.76 bits per heavy atom. The summed E-state index contributed by atoms with van der Waals surface area (Å²) >= 11 is 0. The molecule has 0 saturated carbocycles. The SMILES string of the molecule is O=C(/C=C/c1cnn(-c2ccccc2)c1)N1CCOc2ccccc21. The summed E-state index contributed by atoms with van der Waals surface area (Å²) in [5.74, 6) is 0.676. The summed E-state index contributed by atoms with van der Waals surface area (Å²) in [4.78, 5) is 14.3. The van der Waals surface area contributed by atoms with Crippen molar-refractivity contribution in [3.05, 3.63) is 78.6 Å². The molecule has 0 fully saturated rings. The molecule has 0 atom stereocenters. The van der Waals surface area contributed by atoms with Crippen molar-refractivity contribution >= 4 is 17.7 Å². The molecule has 0 aliphatic carbocycles. The van der Waals surface area contributed by atoms with Crippen LogP contribution in [0.1, 0.15) is 5.56 Å². The first-order chi connectivity index (χ1) is 12.3. The summed E-state index contributed by atoms with van der Waals surface area (Å²) in [6.45, 7) is 1.05. The number of ether oxygens (including phenoxy) is 1. The summed E-state index contributed by atoms with van der Waals surface area (Å²) in [5, 5.41) is 4.33. The van der Waals surface area contributed by atoms with Crippen LogP contribution in [0, 0.1) is 0 Å². The van der Waals surface area contributed by atoms with Gasteiger partial charge in [-0.2, -0.15) is 5.10 Å². The topological polar surface area (TPSA) is 47.4 Å². The van der Waals surface area contributed by atoms with Crippen molar-refractivity contribution in [3.8, 4) is 11.4 Å². The van der Waals surface area contributed by atoms with E-state index >= 15 is 0 Å². The number of hydrogen-bond acceptors (Lipinski definition) is 3. The Bertz CT molecular complexity index is 915. The maximum atomic E-state index is 12.6. The first-order valence-electron chi connectivity index (χ1n) is 8.13. The molecule has 4 rings (SSSR count). The number of benzene rings is 2. The monoisotopic (exact) mass is 331 g/mol. The molecule has 5 nitrogen and oxygen atoms in total. The number of amides is 1. The lowest BCUT2D eigenvalue weighted by atomic mass is 10.2. The Morgan fingerprint density at radius 2 is 1.88 bits per heavy atom. The van der Waals surface area contributed by atoms with E-state index in [1.807, 2.05) is 60.8 Å². The highest BCUT2D eigenvalue weighted by molar-refractivity contribution is 6.04. The van der Waals surface area contributed by atoms with E-state index in [2.05, 4.69) is 5.10 Å². The zero-order valence-electron chi connectivity index (χ0n) is 13.6. The Hall–Kier alpha value is -3.34. The molecule has 1 aliphatic heterocycles. The van der Waals surface area contributed by atoms with Gasteiger partial charge in [0.05, 0.1) is 24.1 Å². The fourth-order valence-electron chi connectivity index (χ4n) is 2.80. The minimum Gasteiger partial charge on any atom is -0.490 e. The quantitative estimate of drug-likeness (QED) is 0.692. The van der Waals surface area contributed by atoms with Gasteiger partial charge in [-0.3, -0.25) is 4.79 Å². The molecule has 124 valence electrons. The van der Waals surface area contributed by atoms with Crippen molar-refractivity contribution in [3.63, 3.8) is 0 Å². The van der Waals surface area contributed by atoms with Gasteiger partial charge in [-0.1, -0.05) is 30.3 Å². The number of fused-ring (bicyclic) bond motifs is 1. The maximum Gasteiger partial charge on any atom is 0.251 e. The minimum atomic E-state index is -0.0665. The summed E-state index contributed by atoms with van der Waals surface area (Å²) in [7, 11) is 0. The number of para-hydroxylation sites is 3. The number of rotatable bonds is 3. The van der Waals surface area contributed by atoms with Crippen LogP contribution in [-0.2, 0) is 4.79 Å². The molecule has 0 saturated heterocycles. The average Bonchev–Trinajstić information content (AvgIpc) is 3.15. The molecule has 1 aliphatic rings. The largest absolute Gasteiger partial charge is 0.490 e. The summed E-state index contributed by atoms with van der Waals surface area (Å²) in [5.41, 5.74) is 2.66. The van der Waals surface area contributed by atoms with Gasteiger partial charge < -0.3 is 9.64 Å². The average molecular weight is 331 g/mol. The fourth-order valence-corrected chi connectivity index (χ4v) is 2.80. The van der Waals surface area contributed by atoms with E-state index in [-0.39, 0.29) is 5.91 Å². The van der Waals surface area contributed by atoms with Crippen LogP contribution in [0.3, 0.4) is 0 Å². The van der Waals surface area contributed by atoms with Crippen molar-refractivity contribution in [1.29, 1.82) is 0 Å². The Kier molecular flexibility index (Phi) is 4.04. The lowest BCUT2D eigenvalue weighted by Crippen LogP contribution is -2.36. The first-order valence-corrected chi connectivity index (χ1v) is 8.13. The van der Waals surface area contributed by atoms with Crippen molar-refractivity contribution in [2.75, 3.05) is 18.1 Å². The molecule has 2 aromatic carbocycles. The third kappa shape index (κ3) is 3.17. The summed E-state index contributed by atoms with van der Waals surface area (Å²) in [6, 6.07) is 17.4. The Morgan fingerprint density at radius 1 is 1.08 bits per heavy atom. The van der Waals surface area contributed by atoms with Crippen molar-refractivity contribution in [2.45, 2.75) is 0 Å². The normalized spacial score (nSPS) is 13.5. The van der Waals surface area contributed by atoms with E-state index in [1.54, 1.807) is 27.9 Å². The summed E-state index contributed by atoms with van der Waals surface area (Å²) < 4.78 is 7.37. The molecular formula is C20H17N3O2. The molecule has 1 aromatic heterocycles. The van der Waals surface area contributed by atoms with Crippen LogP contribution in [-0.4, -0.2) is 28.8 Å². The van der Waals surface area contributed by atoms with Gasteiger partial charge in [0.1, 0.15) is 12.4 Å². The molecule has 0 spiro atoms. The molecular weight excluding hydrogens is 314 g/mol. The van der Waals surface area contributed by atoms with Gasteiger partial charge in [0.25, 0.3) is 5.91 Å². The molecule has 3 aromatic rings. The second kappa shape index (κ2) is 6.65. The highest BCUT2D eigenvalue weighted by Crippen LogP contribution is 2.31. The standard InChI is InChI=1S/C20H17N3O2/c24-20(22-12-13-25-19-9-5-4-8-18(19)22)11-10-16-14-21-23(15-16)17-6-2-1-3-7-17/h1-11,14-15H,12-13H2/b11-10+. The molecule has 1 amide bonds. The minimum absolute atomic E-state index is 0.0665. The van der Waals surface area contributed by atoms with Gasteiger partial charge in [-0.05, 0) is 30.3 Å². The van der Waals surface area contributed by atoms with Crippen LogP contribution in [0.2, 0.25) is 0 Å². The van der Waals surface area contributed by atoms with Gasteiger partial charge in [0.2, 0.25) is 0 Å². The maximum absolute atomic E-state index is 12.6. The second-order valence-electron chi connectivity index (χ2n) is 5.69. The lowest BCUT2D eigenvalue weighted by molar-refractivity contribution is -0.114. The third-order valence-corrected chi connectivity index (χ3v) is 4.04. The van der Waals surface area contributed by atoms with E-state index in [0.29, 0.717) is 13.2 Å². The van der Waals surface area contributed by atoms with Gasteiger partial charge in [0.15, 0.2) is 0 Å². The summed E-state index contributed by atoms with van der Waals surface area (Å²) in [6.07, 6.45) is 7.00. The predicted molar refractivity (Wildman–Crippen MR) is 96.9 cm³/mol. The molecule has 5 heteroatoms. The predicted octanol–water partition coefficient (Wildman–Crippen LogP) is 3.31. The van der Waals surface area contributed by atoms with Crippen molar-refractivity contribution in [2.24, 2.45) is 0 Å². The van der Waals surface area contributed by atoms with Crippen molar-refractivity contribution < 1.29 is 9.53 Å². The highest BCUT2D eigenvalue weighted by atomic mass is 16.5. The van der Waals surface area contributed by atoms with E-state index in [0.717, 1.165) is 22.7 Å². The van der Waals surface area contributed by atoms with Gasteiger partial charge >= 0.3 is 0 Å². The van der Waals surface area contributed by atoms with Crippen LogP contribution >= 0.6 is 0 Å².